The summed E-state index contributed by atoms with van der Waals surface area (Å²) in [4.78, 5) is 0. The maximum atomic E-state index is 8.64. The van der Waals surface area contributed by atoms with E-state index in [9.17, 15) is 0 Å². The first-order valence-corrected chi connectivity index (χ1v) is 8.02. The molecule has 0 bridgehead atoms. The molecule has 2 radical (unpaired) electrons. The molecule has 2 heteroatoms. The Morgan fingerprint density at radius 2 is 0.778 bits per heavy atom. The minimum absolute atomic E-state index is 0. The summed E-state index contributed by atoms with van der Waals surface area (Å²) in [5.41, 5.74) is 0. The van der Waals surface area contributed by atoms with E-state index in [2.05, 4.69) is 6.92 Å². The van der Waals surface area contributed by atoms with Crippen LogP contribution in [-0.2, 0) is 0 Å². The van der Waals surface area contributed by atoms with E-state index in [1.165, 1.54) is 83.5 Å². The van der Waals surface area contributed by atoms with Crippen LogP contribution in [-0.4, -0.2) is 49.5 Å². The molecule has 0 heterocycles. The van der Waals surface area contributed by atoms with E-state index in [1.807, 2.05) is 0 Å². The van der Waals surface area contributed by atoms with Crippen LogP contribution >= 0.6 is 0 Å². The topological polar surface area (TPSA) is 20.2 Å². The Morgan fingerprint density at radius 3 is 1.06 bits per heavy atom. The van der Waals surface area contributed by atoms with E-state index < -0.39 is 0 Å². The maximum Gasteiger partial charge on any atom is 0.0431 e. The Labute approximate surface area is 145 Å². The average molecular weight is 283 g/mol. The van der Waals surface area contributed by atoms with Crippen molar-refractivity contribution in [3.63, 3.8) is 0 Å². The van der Waals surface area contributed by atoms with Gasteiger partial charge in [0.15, 0.2) is 0 Å². The van der Waals surface area contributed by atoms with Crippen molar-refractivity contribution in [3.8, 4) is 0 Å². The van der Waals surface area contributed by atoms with Crippen LogP contribution in [0.5, 0.6) is 0 Å². The summed E-state index contributed by atoms with van der Waals surface area (Å²) < 4.78 is 0. The van der Waals surface area contributed by atoms with Gasteiger partial charge < -0.3 is 5.11 Å². The van der Waals surface area contributed by atoms with E-state index in [0.717, 1.165) is 6.42 Å². The minimum Gasteiger partial charge on any atom is -0.396 e. The largest absolute Gasteiger partial charge is 0.396 e. The molecule has 0 aromatic heterocycles. The molecule has 106 valence electrons. The van der Waals surface area contributed by atoms with Crippen molar-refractivity contribution in [2.24, 2.45) is 0 Å². The van der Waals surface area contributed by atoms with Crippen molar-refractivity contribution in [3.05, 3.63) is 0 Å². The molecule has 0 saturated heterocycles. The number of hydrogen-bond donors (Lipinski definition) is 1. The van der Waals surface area contributed by atoms with Crippen LogP contribution in [0.15, 0.2) is 0 Å². The number of unbranched alkanes of at least 4 members (excludes halogenated alkanes) is 13. The van der Waals surface area contributed by atoms with Crippen LogP contribution in [0.3, 0.4) is 0 Å². The zero-order valence-electron chi connectivity index (χ0n) is 12.8. The second-order valence-electron chi connectivity index (χ2n) is 5.32. The molecule has 0 aliphatic heterocycles. The third-order valence-electron chi connectivity index (χ3n) is 3.51. The fourth-order valence-electron chi connectivity index (χ4n) is 2.31. The molecule has 0 aliphatic carbocycles. The van der Waals surface area contributed by atoms with Crippen LogP contribution in [0.25, 0.3) is 0 Å². The van der Waals surface area contributed by atoms with Crippen molar-refractivity contribution < 1.29 is 5.11 Å². The molecule has 0 aromatic carbocycles. The Kier molecular flexibility index (Phi) is 24.5. The molecule has 1 N–H and O–H groups in total. The number of aliphatic hydroxyl groups is 1. The Hall–Kier alpha value is 1.22. The molecule has 0 aliphatic rings. The van der Waals surface area contributed by atoms with E-state index in [-0.39, 0.29) is 37.7 Å². The quantitative estimate of drug-likeness (QED) is 0.348. The Morgan fingerprint density at radius 1 is 0.500 bits per heavy atom. The van der Waals surface area contributed by atoms with Crippen LogP contribution in [0.4, 0.5) is 0 Å². The molecule has 1 nitrogen and oxygen atoms in total. The van der Waals surface area contributed by atoms with Crippen LogP contribution in [0.1, 0.15) is 96.8 Å². The van der Waals surface area contributed by atoms with Crippen molar-refractivity contribution >= 4 is 37.7 Å². The average Bonchev–Trinajstić information content (AvgIpc) is 2.35. The smallest absolute Gasteiger partial charge is 0.0431 e. The van der Waals surface area contributed by atoms with Gasteiger partial charge in [-0.25, -0.2) is 0 Å². The van der Waals surface area contributed by atoms with Crippen molar-refractivity contribution in [2.45, 2.75) is 96.8 Å². The summed E-state index contributed by atoms with van der Waals surface area (Å²) in [7, 11) is 0. The standard InChI is InChI=1S/C16H34O.Ca/c1-2-3-4-5-6-7-8-9-10-11-12-13-14-15-16-17;/h17H,2-16H2,1H3;. The van der Waals surface area contributed by atoms with Gasteiger partial charge in [0, 0.05) is 44.3 Å². The van der Waals surface area contributed by atoms with E-state index >= 15 is 0 Å². The molecule has 0 fully saturated rings. The molecule has 0 unspecified atom stereocenters. The number of aliphatic hydroxyl groups excluding tert-OH is 1. The Bertz CT molecular complexity index is 114. The molecule has 0 saturated carbocycles. The van der Waals surface area contributed by atoms with Gasteiger partial charge in [-0.1, -0.05) is 90.4 Å². The summed E-state index contributed by atoms with van der Waals surface area (Å²) >= 11 is 0. The third kappa shape index (κ3) is 19.6. The molecule has 0 atom stereocenters. The molecule has 18 heavy (non-hydrogen) atoms. The summed E-state index contributed by atoms with van der Waals surface area (Å²) in [6, 6.07) is 0. The van der Waals surface area contributed by atoms with Gasteiger partial charge in [-0.3, -0.25) is 0 Å². The van der Waals surface area contributed by atoms with Gasteiger partial charge in [-0.15, -0.1) is 0 Å². The summed E-state index contributed by atoms with van der Waals surface area (Å²) in [6.45, 7) is 2.65. The van der Waals surface area contributed by atoms with E-state index in [0.29, 0.717) is 6.61 Å². The molecule has 0 amide bonds. The monoisotopic (exact) mass is 282 g/mol. The second kappa shape index (κ2) is 20.5. The molecule has 0 rings (SSSR count). The first kappa shape index (κ1) is 21.5. The van der Waals surface area contributed by atoms with Crippen LogP contribution < -0.4 is 0 Å². The van der Waals surface area contributed by atoms with Gasteiger partial charge >= 0.3 is 0 Å². The Balaban J connectivity index is 0. The molecule has 0 spiro atoms. The van der Waals surface area contributed by atoms with Crippen molar-refractivity contribution in [1.29, 1.82) is 0 Å². The number of hydrogen-bond acceptors (Lipinski definition) is 1. The minimum atomic E-state index is 0. The fourth-order valence-corrected chi connectivity index (χ4v) is 2.31. The molecular weight excluding hydrogens is 248 g/mol. The normalized spacial score (nSPS) is 10.3. The summed E-state index contributed by atoms with van der Waals surface area (Å²) in [5, 5.41) is 8.64. The molecule has 0 aromatic rings. The summed E-state index contributed by atoms with van der Waals surface area (Å²) in [6.07, 6.45) is 19.2. The first-order valence-electron chi connectivity index (χ1n) is 8.02. The van der Waals surface area contributed by atoms with Crippen LogP contribution in [0, 0.1) is 0 Å². The fraction of sp³-hybridized carbons (Fsp3) is 1.00. The maximum absolute atomic E-state index is 8.64. The first-order chi connectivity index (χ1) is 8.41. The number of rotatable bonds is 14. The van der Waals surface area contributed by atoms with Gasteiger partial charge in [0.05, 0.1) is 0 Å². The van der Waals surface area contributed by atoms with Gasteiger partial charge in [-0.2, -0.15) is 0 Å². The van der Waals surface area contributed by atoms with Gasteiger partial charge in [0.1, 0.15) is 0 Å². The van der Waals surface area contributed by atoms with E-state index in [1.54, 1.807) is 0 Å². The predicted molar refractivity (Wildman–Crippen MR) is 83.2 cm³/mol. The third-order valence-corrected chi connectivity index (χ3v) is 3.51. The van der Waals surface area contributed by atoms with Crippen molar-refractivity contribution in [2.75, 3.05) is 6.61 Å². The zero-order valence-corrected chi connectivity index (χ0v) is 15.0. The van der Waals surface area contributed by atoms with E-state index in [4.69, 9.17) is 5.11 Å². The summed E-state index contributed by atoms with van der Waals surface area (Å²) in [5.74, 6) is 0. The SMILES string of the molecule is CCCCCCCCCCCCCCCCO.[Ca]. The van der Waals surface area contributed by atoms with Crippen LogP contribution in [0.2, 0.25) is 0 Å². The zero-order chi connectivity index (χ0) is 12.6. The molecular formula is C16H34CaO. The van der Waals surface area contributed by atoms with Gasteiger partial charge in [0.25, 0.3) is 0 Å². The van der Waals surface area contributed by atoms with Gasteiger partial charge in [-0.05, 0) is 6.42 Å². The second-order valence-corrected chi connectivity index (χ2v) is 5.32. The predicted octanol–water partition coefficient (Wildman–Crippen LogP) is 5.08. The van der Waals surface area contributed by atoms with Gasteiger partial charge in [0.2, 0.25) is 0 Å². The van der Waals surface area contributed by atoms with Crippen molar-refractivity contribution in [1.82, 2.24) is 0 Å².